The molecule has 0 saturated heterocycles. The summed E-state index contributed by atoms with van der Waals surface area (Å²) >= 11 is 0. The maximum Gasteiger partial charge on any atom is 0.129 e. The topological polar surface area (TPSA) is 32.3 Å². The van der Waals surface area contributed by atoms with Gasteiger partial charge in [-0.1, -0.05) is 0 Å². The second kappa shape index (κ2) is 5.02. The number of benzene rings is 1. The molecule has 0 amide bonds. The third-order valence-corrected chi connectivity index (χ3v) is 1.98. The van der Waals surface area contributed by atoms with E-state index in [4.69, 9.17) is 0 Å². The molecule has 0 aliphatic rings. The fourth-order valence-electron chi connectivity index (χ4n) is 1.21. The minimum Gasteiger partial charge on any atom is -0.388 e. The lowest BCUT2D eigenvalue weighted by atomic mass is 10.1. The summed E-state index contributed by atoms with van der Waals surface area (Å²) in [6.45, 7) is 0.553. The molecule has 1 rings (SSSR count). The molecule has 1 aromatic carbocycles. The standard InChI is InChI=1S/C10H13F2NO/c1-13-5-4-10(14)8-6-7(11)2-3-9(8)12/h2-3,6,10,13-14H,4-5H2,1H3. The molecule has 2 N–H and O–H groups in total. The molecule has 0 aromatic heterocycles. The van der Waals surface area contributed by atoms with Crippen molar-refractivity contribution in [3.63, 3.8) is 0 Å². The Labute approximate surface area is 81.6 Å². The van der Waals surface area contributed by atoms with Gasteiger partial charge in [0.15, 0.2) is 0 Å². The Balaban J connectivity index is 2.77. The third-order valence-electron chi connectivity index (χ3n) is 1.98. The SMILES string of the molecule is CNCCC(O)c1cc(F)ccc1F. The normalized spacial score (nSPS) is 12.9. The zero-order valence-electron chi connectivity index (χ0n) is 7.93. The number of hydrogen-bond acceptors (Lipinski definition) is 2. The van der Waals surface area contributed by atoms with Crippen molar-refractivity contribution in [1.82, 2.24) is 5.32 Å². The van der Waals surface area contributed by atoms with Crippen LogP contribution in [0, 0.1) is 11.6 Å². The molecular weight excluding hydrogens is 188 g/mol. The molecule has 0 spiro atoms. The molecule has 2 nitrogen and oxygen atoms in total. The molecular formula is C10H13F2NO. The summed E-state index contributed by atoms with van der Waals surface area (Å²) in [6.07, 6.45) is -0.602. The summed E-state index contributed by atoms with van der Waals surface area (Å²) in [5.74, 6) is -1.11. The van der Waals surface area contributed by atoms with Crippen LogP contribution in [0.25, 0.3) is 0 Å². The molecule has 0 bridgehead atoms. The number of halogens is 2. The van der Waals surface area contributed by atoms with Crippen molar-refractivity contribution in [2.45, 2.75) is 12.5 Å². The minimum absolute atomic E-state index is 0.0141. The largest absolute Gasteiger partial charge is 0.388 e. The van der Waals surface area contributed by atoms with E-state index in [9.17, 15) is 13.9 Å². The van der Waals surface area contributed by atoms with Gasteiger partial charge in [-0.25, -0.2) is 8.78 Å². The summed E-state index contributed by atoms with van der Waals surface area (Å²) in [5, 5.41) is 12.3. The van der Waals surface area contributed by atoms with Crippen LogP contribution >= 0.6 is 0 Å². The van der Waals surface area contributed by atoms with Gasteiger partial charge in [0.25, 0.3) is 0 Å². The van der Waals surface area contributed by atoms with Crippen molar-refractivity contribution < 1.29 is 13.9 Å². The molecule has 1 aromatic rings. The predicted octanol–water partition coefficient (Wildman–Crippen LogP) is 1.61. The zero-order chi connectivity index (χ0) is 10.6. The lowest BCUT2D eigenvalue weighted by molar-refractivity contribution is 0.162. The van der Waals surface area contributed by atoms with E-state index in [1.807, 2.05) is 0 Å². The van der Waals surface area contributed by atoms with Crippen LogP contribution in [0.2, 0.25) is 0 Å². The van der Waals surface area contributed by atoms with Crippen molar-refractivity contribution in [1.29, 1.82) is 0 Å². The highest BCUT2D eigenvalue weighted by Gasteiger charge is 2.12. The Hall–Kier alpha value is -1.00. The van der Waals surface area contributed by atoms with Crippen LogP contribution in [0.15, 0.2) is 18.2 Å². The number of nitrogens with one attached hydrogen (secondary N) is 1. The van der Waals surface area contributed by atoms with Crippen molar-refractivity contribution in [2.75, 3.05) is 13.6 Å². The lowest BCUT2D eigenvalue weighted by Gasteiger charge is -2.11. The van der Waals surface area contributed by atoms with Crippen molar-refractivity contribution in [2.24, 2.45) is 0 Å². The number of aliphatic hydroxyl groups excluding tert-OH is 1. The van der Waals surface area contributed by atoms with Crippen LogP contribution < -0.4 is 5.32 Å². The van der Waals surface area contributed by atoms with Crippen LogP contribution in [0.1, 0.15) is 18.1 Å². The number of aliphatic hydroxyl groups is 1. The monoisotopic (exact) mass is 201 g/mol. The molecule has 4 heteroatoms. The van der Waals surface area contributed by atoms with E-state index in [2.05, 4.69) is 5.32 Å². The van der Waals surface area contributed by atoms with Crippen LogP contribution in [0.4, 0.5) is 8.78 Å². The van der Waals surface area contributed by atoms with Gasteiger partial charge in [-0.3, -0.25) is 0 Å². The van der Waals surface area contributed by atoms with Gasteiger partial charge < -0.3 is 10.4 Å². The quantitative estimate of drug-likeness (QED) is 0.775. The predicted molar refractivity (Wildman–Crippen MR) is 49.9 cm³/mol. The first kappa shape index (κ1) is 11.1. The average molecular weight is 201 g/mol. The molecule has 14 heavy (non-hydrogen) atoms. The molecule has 0 aliphatic carbocycles. The Morgan fingerprint density at radius 2 is 2.14 bits per heavy atom. The van der Waals surface area contributed by atoms with Crippen LogP contribution in [0.5, 0.6) is 0 Å². The van der Waals surface area contributed by atoms with Gasteiger partial charge in [0.1, 0.15) is 11.6 Å². The first-order valence-corrected chi connectivity index (χ1v) is 4.42. The van der Waals surface area contributed by atoms with Gasteiger partial charge >= 0.3 is 0 Å². The second-order valence-corrected chi connectivity index (χ2v) is 3.07. The first-order chi connectivity index (χ1) is 6.65. The number of hydrogen-bond donors (Lipinski definition) is 2. The average Bonchev–Trinajstić information content (AvgIpc) is 2.18. The highest BCUT2D eigenvalue weighted by Crippen LogP contribution is 2.20. The van der Waals surface area contributed by atoms with Crippen LogP contribution in [-0.2, 0) is 0 Å². The van der Waals surface area contributed by atoms with Gasteiger partial charge in [0.05, 0.1) is 6.10 Å². The Morgan fingerprint density at radius 1 is 1.43 bits per heavy atom. The molecule has 0 aliphatic heterocycles. The fourth-order valence-corrected chi connectivity index (χ4v) is 1.21. The molecule has 0 heterocycles. The highest BCUT2D eigenvalue weighted by molar-refractivity contribution is 5.20. The van der Waals surface area contributed by atoms with E-state index in [0.717, 1.165) is 18.2 Å². The molecule has 0 radical (unpaired) electrons. The van der Waals surface area contributed by atoms with Crippen molar-refractivity contribution >= 4 is 0 Å². The van der Waals surface area contributed by atoms with Crippen molar-refractivity contribution in [3.8, 4) is 0 Å². The van der Waals surface area contributed by atoms with E-state index in [0.29, 0.717) is 13.0 Å². The zero-order valence-corrected chi connectivity index (χ0v) is 7.93. The van der Waals surface area contributed by atoms with E-state index in [1.54, 1.807) is 7.05 Å². The highest BCUT2D eigenvalue weighted by atomic mass is 19.1. The van der Waals surface area contributed by atoms with Crippen molar-refractivity contribution in [3.05, 3.63) is 35.4 Å². The third kappa shape index (κ3) is 2.75. The van der Waals surface area contributed by atoms with Gasteiger partial charge in [0.2, 0.25) is 0 Å². The molecule has 1 unspecified atom stereocenters. The molecule has 0 saturated carbocycles. The van der Waals surface area contributed by atoms with Gasteiger partial charge in [0, 0.05) is 5.56 Å². The maximum atomic E-state index is 13.1. The molecule has 0 fully saturated rings. The maximum absolute atomic E-state index is 13.1. The summed E-state index contributed by atoms with van der Waals surface area (Å²) in [4.78, 5) is 0. The van der Waals surface area contributed by atoms with Gasteiger partial charge in [-0.15, -0.1) is 0 Å². The Morgan fingerprint density at radius 3 is 2.79 bits per heavy atom. The lowest BCUT2D eigenvalue weighted by Crippen LogP contribution is -2.12. The summed E-state index contributed by atoms with van der Waals surface area (Å²) < 4.78 is 25.8. The fraction of sp³-hybridized carbons (Fsp3) is 0.400. The van der Waals surface area contributed by atoms with E-state index in [-0.39, 0.29) is 5.56 Å². The van der Waals surface area contributed by atoms with Crippen LogP contribution in [0.3, 0.4) is 0 Å². The second-order valence-electron chi connectivity index (χ2n) is 3.07. The summed E-state index contributed by atoms with van der Waals surface area (Å²) in [6, 6.07) is 3.08. The van der Waals surface area contributed by atoms with E-state index in [1.165, 1.54) is 0 Å². The summed E-state index contributed by atoms with van der Waals surface area (Å²) in [5.41, 5.74) is 0.0141. The van der Waals surface area contributed by atoms with Crippen LogP contribution in [-0.4, -0.2) is 18.7 Å². The summed E-state index contributed by atoms with van der Waals surface area (Å²) in [7, 11) is 1.73. The molecule has 1 atom stereocenters. The van der Waals surface area contributed by atoms with Gasteiger partial charge in [-0.2, -0.15) is 0 Å². The minimum atomic E-state index is -0.960. The van der Waals surface area contributed by atoms with E-state index >= 15 is 0 Å². The number of rotatable bonds is 4. The Bertz CT molecular complexity index is 304. The smallest absolute Gasteiger partial charge is 0.129 e. The first-order valence-electron chi connectivity index (χ1n) is 4.42. The molecule has 78 valence electrons. The van der Waals surface area contributed by atoms with Gasteiger partial charge in [-0.05, 0) is 38.2 Å². The van der Waals surface area contributed by atoms with E-state index < -0.39 is 17.7 Å². The Kier molecular flexibility index (Phi) is 3.98.